The van der Waals surface area contributed by atoms with Crippen molar-refractivity contribution in [1.29, 1.82) is 0 Å². The van der Waals surface area contributed by atoms with E-state index in [4.69, 9.17) is 4.74 Å². The van der Waals surface area contributed by atoms with Crippen molar-refractivity contribution in [3.05, 3.63) is 42.0 Å². The second-order valence-corrected chi connectivity index (χ2v) is 6.53. The first-order chi connectivity index (χ1) is 10.6. The number of nitrogens with one attached hydrogen (secondary N) is 1. The second kappa shape index (κ2) is 5.99. The van der Waals surface area contributed by atoms with Gasteiger partial charge in [0.25, 0.3) is 0 Å². The van der Waals surface area contributed by atoms with Crippen molar-refractivity contribution in [2.75, 3.05) is 13.2 Å². The van der Waals surface area contributed by atoms with E-state index < -0.39 is 0 Å². The van der Waals surface area contributed by atoms with Crippen LogP contribution in [0.4, 0.5) is 0 Å². The van der Waals surface area contributed by atoms with Gasteiger partial charge in [0.1, 0.15) is 11.6 Å². The average Bonchev–Trinajstić information content (AvgIpc) is 2.87. The van der Waals surface area contributed by atoms with Crippen LogP contribution in [0.25, 0.3) is 10.8 Å². The molecule has 0 atom stereocenters. The van der Waals surface area contributed by atoms with E-state index in [1.807, 2.05) is 0 Å². The maximum Gasteiger partial charge on any atom is 0.129 e. The zero-order valence-corrected chi connectivity index (χ0v) is 13.6. The maximum absolute atomic E-state index is 5.96. The highest BCUT2D eigenvalue weighted by Gasteiger charge is 2.26. The fourth-order valence-electron chi connectivity index (χ4n) is 2.76. The van der Waals surface area contributed by atoms with E-state index in [9.17, 15) is 0 Å². The molecule has 2 aromatic rings. The number of unbranched alkanes of at least 4 members (excludes halogenated alkanes) is 1. The highest BCUT2D eigenvalue weighted by atomic mass is 16.5. The summed E-state index contributed by atoms with van der Waals surface area (Å²) >= 11 is 0. The van der Waals surface area contributed by atoms with Crippen molar-refractivity contribution in [2.24, 2.45) is 4.99 Å². The van der Waals surface area contributed by atoms with Crippen LogP contribution < -0.4 is 10.1 Å². The molecule has 0 unspecified atom stereocenters. The Balaban J connectivity index is 1.98. The Morgan fingerprint density at radius 3 is 2.59 bits per heavy atom. The summed E-state index contributed by atoms with van der Waals surface area (Å²) in [5, 5.41) is 5.87. The van der Waals surface area contributed by atoms with Gasteiger partial charge in [0.05, 0.1) is 18.7 Å². The van der Waals surface area contributed by atoms with Crippen molar-refractivity contribution in [1.82, 2.24) is 5.32 Å². The highest BCUT2D eigenvalue weighted by molar-refractivity contribution is 6.11. The molecule has 0 radical (unpaired) electrons. The molecule has 116 valence electrons. The fraction of sp³-hybridized carbons (Fsp3) is 0.421. The molecule has 1 aliphatic heterocycles. The lowest BCUT2D eigenvalue weighted by Crippen LogP contribution is -2.39. The van der Waals surface area contributed by atoms with Gasteiger partial charge >= 0.3 is 0 Å². The van der Waals surface area contributed by atoms with Gasteiger partial charge in [-0.05, 0) is 37.8 Å². The molecule has 3 nitrogen and oxygen atoms in total. The summed E-state index contributed by atoms with van der Waals surface area (Å²) < 4.78 is 5.96. The Morgan fingerprint density at radius 1 is 1.14 bits per heavy atom. The third-order valence-electron chi connectivity index (χ3n) is 3.98. The topological polar surface area (TPSA) is 33.6 Å². The Hall–Kier alpha value is -2.03. The molecule has 0 saturated heterocycles. The van der Waals surface area contributed by atoms with Crippen molar-refractivity contribution in [2.45, 2.75) is 39.2 Å². The molecule has 0 amide bonds. The van der Waals surface area contributed by atoms with Gasteiger partial charge < -0.3 is 10.1 Å². The van der Waals surface area contributed by atoms with Crippen LogP contribution in [0.15, 0.2) is 41.4 Å². The van der Waals surface area contributed by atoms with Gasteiger partial charge in [0, 0.05) is 10.9 Å². The van der Waals surface area contributed by atoms with Crippen LogP contribution in [0, 0.1) is 0 Å². The molecule has 0 aromatic heterocycles. The third-order valence-corrected chi connectivity index (χ3v) is 3.98. The lowest BCUT2D eigenvalue weighted by Gasteiger charge is -2.19. The lowest BCUT2D eigenvalue weighted by molar-refractivity contribution is 0.313. The molecule has 2 aromatic carbocycles. The molecule has 3 heteroatoms. The SMILES string of the molecule is CCCCOc1ccc(C2=NCC(C)(C)N2)c2ccccc12. The third kappa shape index (κ3) is 2.94. The van der Waals surface area contributed by atoms with Gasteiger partial charge in [-0.15, -0.1) is 0 Å². The summed E-state index contributed by atoms with van der Waals surface area (Å²) in [5.74, 6) is 1.95. The smallest absolute Gasteiger partial charge is 0.129 e. The highest BCUT2D eigenvalue weighted by Crippen LogP contribution is 2.30. The van der Waals surface area contributed by atoms with Crippen LogP contribution in [0.1, 0.15) is 39.2 Å². The monoisotopic (exact) mass is 296 g/mol. The van der Waals surface area contributed by atoms with Crippen molar-refractivity contribution < 1.29 is 4.74 Å². The predicted molar refractivity (Wildman–Crippen MR) is 93.0 cm³/mol. The lowest BCUT2D eigenvalue weighted by atomic mass is 10.0. The summed E-state index contributed by atoms with van der Waals surface area (Å²) in [7, 11) is 0. The molecule has 1 heterocycles. The first-order valence-corrected chi connectivity index (χ1v) is 8.08. The number of amidine groups is 1. The summed E-state index contributed by atoms with van der Waals surface area (Å²) in [6.07, 6.45) is 2.23. The number of ether oxygens (including phenoxy) is 1. The Morgan fingerprint density at radius 2 is 1.91 bits per heavy atom. The van der Waals surface area contributed by atoms with E-state index in [1.165, 1.54) is 5.39 Å². The van der Waals surface area contributed by atoms with Crippen molar-refractivity contribution in [3.8, 4) is 5.75 Å². The van der Waals surface area contributed by atoms with E-state index in [0.717, 1.165) is 48.5 Å². The van der Waals surface area contributed by atoms with Crippen LogP contribution in [0.2, 0.25) is 0 Å². The minimum Gasteiger partial charge on any atom is -0.493 e. The van der Waals surface area contributed by atoms with E-state index in [1.54, 1.807) is 0 Å². The van der Waals surface area contributed by atoms with Crippen LogP contribution in [-0.4, -0.2) is 24.5 Å². The van der Waals surface area contributed by atoms with Crippen LogP contribution in [-0.2, 0) is 0 Å². The van der Waals surface area contributed by atoms with Gasteiger partial charge in [-0.2, -0.15) is 0 Å². The summed E-state index contributed by atoms with van der Waals surface area (Å²) in [5.41, 5.74) is 1.19. The van der Waals surface area contributed by atoms with Crippen molar-refractivity contribution >= 4 is 16.6 Å². The molecule has 0 spiro atoms. The van der Waals surface area contributed by atoms with Gasteiger partial charge in [-0.1, -0.05) is 37.6 Å². The molecule has 0 fully saturated rings. The summed E-state index contributed by atoms with van der Waals surface area (Å²) in [6, 6.07) is 12.6. The van der Waals surface area contributed by atoms with Gasteiger partial charge in [-0.25, -0.2) is 0 Å². The van der Waals surface area contributed by atoms with E-state index >= 15 is 0 Å². The summed E-state index contributed by atoms with van der Waals surface area (Å²) in [6.45, 7) is 8.11. The Bertz CT molecular complexity index is 704. The minimum atomic E-state index is 0.0345. The van der Waals surface area contributed by atoms with E-state index in [2.05, 4.69) is 67.5 Å². The number of hydrogen-bond acceptors (Lipinski definition) is 3. The number of benzene rings is 2. The van der Waals surface area contributed by atoms with E-state index in [-0.39, 0.29) is 5.54 Å². The maximum atomic E-state index is 5.96. The molecular formula is C19H24N2O. The molecule has 0 aliphatic carbocycles. The number of fused-ring (bicyclic) bond motifs is 1. The molecule has 3 rings (SSSR count). The average molecular weight is 296 g/mol. The molecule has 0 bridgehead atoms. The van der Waals surface area contributed by atoms with E-state index in [0.29, 0.717) is 0 Å². The minimum absolute atomic E-state index is 0.0345. The number of hydrogen-bond donors (Lipinski definition) is 1. The first kappa shape index (κ1) is 14.9. The van der Waals surface area contributed by atoms with Crippen molar-refractivity contribution in [3.63, 3.8) is 0 Å². The zero-order valence-electron chi connectivity index (χ0n) is 13.6. The van der Waals surface area contributed by atoms with Crippen LogP contribution in [0.5, 0.6) is 5.75 Å². The number of nitrogens with zero attached hydrogens (tertiary/aromatic N) is 1. The molecular weight excluding hydrogens is 272 g/mol. The number of rotatable bonds is 5. The second-order valence-electron chi connectivity index (χ2n) is 6.53. The molecule has 1 aliphatic rings. The first-order valence-electron chi connectivity index (χ1n) is 8.08. The van der Waals surface area contributed by atoms with Crippen LogP contribution >= 0.6 is 0 Å². The van der Waals surface area contributed by atoms with Gasteiger partial charge in [-0.3, -0.25) is 4.99 Å². The Labute approximate surface area is 132 Å². The Kier molecular flexibility index (Phi) is 4.06. The van der Waals surface area contributed by atoms with Gasteiger partial charge in [0.2, 0.25) is 0 Å². The van der Waals surface area contributed by atoms with Crippen LogP contribution in [0.3, 0.4) is 0 Å². The molecule has 1 N–H and O–H groups in total. The summed E-state index contributed by atoms with van der Waals surface area (Å²) in [4.78, 5) is 4.68. The normalized spacial score (nSPS) is 16.4. The number of aliphatic imine (C=N–C) groups is 1. The quantitative estimate of drug-likeness (QED) is 0.841. The zero-order chi connectivity index (χ0) is 15.6. The molecule has 0 saturated carbocycles. The van der Waals surface area contributed by atoms with Gasteiger partial charge in [0.15, 0.2) is 0 Å². The predicted octanol–water partition coefficient (Wildman–Crippen LogP) is 4.15. The standard InChI is InChI=1S/C19H24N2O/c1-4-5-12-22-17-11-10-16(14-8-6-7-9-15(14)17)18-20-13-19(2,3)21-18/h6-11H,4-5,12-13H2,1-3H3,(H,20,21). The largest absolute Gasteiger partial charge is 0.493 e. The molecule has 22 heavy (non-hydrogen) atoms. The fourth-order valence-corrected chi connectivity index (χ4v) is 2.76.